The summed E-state index contributed by atoms with van der Waals surface area (Å²) >= 11 is 0. The minimum atomic E-state index is -0.119. The Morgan fingerprint density at radius 1 is 1.14 bits per heavy atom. The highest BCUT2D eigenvalue weighted by Crippen LogP contribution is 2.24. The van der Waals surface area contributed by atoms with Crippen molar-refractivity contribution in [3.05, 3.63) is 34.4 Å². The molecule has 21 heavy (non-hydrogen) atoms. The fourth-order valence-electron chi connectivity index (χ4n) is 3.28. The predicted molar refractivity (Wildman–Crippen MR) is 83.5 cm³/mol. The van der Waals surface area contributed by atoms with E-state index in [0.29, 0.717) is 6.42 Å². The molecule has 1 aliphatic rings. The largest absolute Gasteiger partial charge is 0.462 e. The summed E-state index contributed by atoms with van der Waals surface area (Å²) in [6, 6.07) is 4.24. The highest BCUT2D eigenvalue weighted by molar-refractivity contribution is 5.74. The number of carbonyl (C=O) groups is 1. The van der Waals surface area contributed by atoms with E-state index in [1.165, 1.54) is 16.7 Å². The van der Waals surface area contributed by atoms with Crippen LogP contribution >= 0.6 is 0 Å². The molecule has 1 aliphatic carbocycles. The van der Waals surface area contributed by atoms with Crippen LogP contribution in [0.25, 0.3) is 0 Å². The van der Waals surface area contributed by atoms with Gasteiger partial charge in [0.2, 0.25) is 0 Å². The van der Waals surface area contributed by atoms with E-state index in [2.05, 4.69) is 32.9 Å². The maximum absolute atomic E-state index is 12.2. The Hall–Kier alpha value is -1.35. The molecule has 1 fully saturated rings. The molecule has 0 amide bonds. The molecule has 0 aromatic heterocycles. The second-order valence-electron chi connectivity index (χ2n) is 6.19. The molecule has 3 heteroatoms. The van der Waals surface area contributed by atoms with E-state index in [4.69, 9.17) is 9.47 Å². The van der Waals surface area contributed by atoms with Crippen molar-refractivity contribution >= 4 is 5.97 Å². The van der Waals surface area contributed by atoms with Gasteiger partial charge in [0.15, 0.2) is 0 Å². The van der Waals surface area contributed by atoms with Crippen molar-refractivity contribution in [2.24, 2.45) is 0 Å². The van der Waals surface area contributed by atoms with Gasteiger partial charge in [0.1, 0.15) is 6.10 Å². The number of methoxy groups -OCH3 is 1. The maximum atomic E-state index is 12.2. The number of hydrogen-bond donors (Lipinski definition) is 0. The zero-order chi connectivity index (χ0) is 15.4. The van der Waals surface area contributed by atoms with Gasteiger partial charge in [-0.2, -0.15) is 0 Å². The lowest BCUT2D eigenvalue weighted by molar-refractivity contribution is -0.151. The molecule has 116 valence electrons. The summed E-state index contributed by atoms with van der Waals surface area (Å²) < 4.78 is 11.0. The van der Waals surface area contributed by atoms with Crippen LogP contribution in [-0.4, -0.2) is 25.3 Å². The molecule has 3 nitrogen and oxygen atoms in total. The zero-order valence-electron chi connectivity index (χ0n) is 13.6. The number of aryl methyl sites for hydroxylation is 3. The van der Waals surface area contributed by atoms with Crippen LogP contribution in [0, 0.1) is 20.8 Å². The summed E-state index contributed by atoms with van der Waals surface area (Å²) in [6.45, 7) is 6.20. The molecule has 1 saturated carbocycles. The van der Waals surface area contributed by atoms with Crippen LogP contribution in [0.2, 0.25) is 0 Å². The summed E-state index contributed by atoms with van der Waals surface area (Å²) in [7, 11) is 1.73. The number of carbonyl (C=O) groups excluding carboxylic acids is 1. The van der Waals surface area contributed by atoms with E-state index in [0.717, 1.165) is 31.2 Å². The van der Waals surface area contributed by atoms with Gasteiger partial charge in [-0.25, -0.2) is 0 Å². The van der Waals surface area contributed by atoms with Gasteiger partial charge in [-0.15, -0.1) is 0 Å². The van der Waals surface area contributed by atoms with Crippen LogP contribution in [0.4, 0.5) is 0 Å². The number of esters is 1. The second kappa shape index (κ2) is 7.08. The van der Waals surface area contributed by atoms with Gasteiger partial charge in [-0.1, -0.05) is 17.7 Å². The lowest BCUT2D eigenvalue weighted by Crippen LogP contribution is -2.30. The monoisotopic (exact) mass is 290 g/mol. The van der Waals surface area contributed by atoms with Gasteiger partial charge >= 0.3 is 5.97 Å². The van der Waals surface area contributed by atoms with Crippen LogP contribution in [0.15, 0.2) is 12.1 Å². The van der Waals surface area contributed by atoms with Gasteiger partial charge in [-0.3, -0.25) is 4.79 Å². The van der Waals surface area contributed by atoms with Gasteiger partial charge in [-0.05, 0) is 56.7 Å². The van der Waals surface area contributed by atoms with E-state index in [1.54, 1.807) is 7.11 Å². The number of rotatable bonds is 4. The average Bonchev–Trinajstić information content (AvgIpc) is 2.43. The number of hydrogen-bond acceptors (Lipinski definition) is 3. The summed E-state index contributed by atoms with van der Waals surface area (Å²) in [6.07, 6.45) is 4.54. The molecule has 0 spiro atoms. The maximum Gasteiger partial charge on any atom is 0.310 e. The average molecular weight is 290 g/mol. The zero-order valence-corrected chi connectivity index (χ0v) is 13.6. The van der Waals surface area contributed by atoms with Gasteiger partial charge in [0, 0.05) is 13.5 Å². The quantitative estimate of drug-likeness (QED) is 0.794. The lowest BCUT2D eigenvalue weighted by atomic mass is 9.94. The molecular formula is C18H26O3. The third-order valence-corrected chi connectivity index (χ3v) is 4.37. The summed E-state index contributed by atoms with van der Waals surface area (Å²) in [4.78, 5) is 12.2. The van der Waals surface area contributed by atoms with E-state index in [-0.39, 0.29) is 18.2 Å². The van der Waals surface area contributed by atoms with E-state index in [9.17, 15) is 4.79 Å². The SMILES string of the molecule is COC1CCCC(OC(=O)Cc2c(C)cc(C)cc2C)C1. The third-order valence-electron chi connectivity index (χ3n) is 4.37. The van der Waals surface area contributed by atoms with Crippen LogP contribution in [0.1, 0.15) is 47.9 Å². The van der Waals surface area contributed by atoms with E-state index >= 15 is 0 Å². The first kappa shape index (κ1) is 16.0. The van der Waals surface area contributed by atoms with Crippen molar-refractivity contribution in [3.63, 3.8) is 0 Å². The fourth-order valence-corrected chi connectivity index (χ4v) is 3.28. The van der Waals surface area contributed by atoms with Crippen LogP contribution in [0.3, 0.4) is 0 Å². The van der Waals surface area contributed by atoms with Crippen molar-refractivity contribution < 1.29 is 14.3 Å². The van der Waals surface area contributed by atoms with Crippen molar-refractivity contribution in [1.82, 2.24) is 0 Å². The molecule has 1 aromatic rings. The topological polar surface area (TPSA) is 35.5 Å². The molecule has 0 N–H and O–H groups in total. The lowest BCUT2D eigenvalue weighted by Gasteiger charge is -2.28. The Kier molecular flexibility index (Phi) is 5.40. The van der Waals surface area contributed by atoms with Gasteiger partial charge in [0.05, 0.1) is 12.5 Å². The highest BCUT2D eigenvalue weighted by atomic mass is 16.5. The van der Waals surface area contributed by atoms with Gasteiger partial charge < -0.3 is 9.47 Å². The molecule has 2 unspecified atom stereocenters. The Morgan fingerprint density at radius 2 is 1.76 bits per heavy atom. The van der Waals surface area contributed by atoms with Crippen LogP contribution < -0.4 is 0 Å². The molecule has 0 radical (unpaired) electrons. The molecule has 0 aliphatic heterocycles. The van der Waals surface area contributed by atoms with Crippen molar-refractivity contribution in [2.75, 3.05) is 7.11 Å². The smallest absolute Gasteiger partial charge is 0.310 e. The van der Waals surface area contributed by atoms with Crippen LogP contribution in [-0.2, 0) is 20.7 Å². The molecule has 0 bridgehead atoms. The Morgan fingerprint density at radius 3 is 2.38 bits per heavy atom. The Labute approximate surface area is 127 Å². The molecule has 0 heterocycles. The Balaban J connectivity index is 1.96. The molecule has 2 rings (SSSR count). The molecular weight excluding hydrogens is 264 g/mol. The van der Waals surface area contributed by atoms with E-state index in [1.807, 2.05) is 0 Å². The minimum absolute atomic E-state index is 0.0160. The van der Waals surface area contributed by atoms with Crippen molar-refractivity contribution in [3.8, 4) is 0 Å². The number of benzene rings is 1. The highest BCUT2D eigenvalue weighted by Gasteiger charge is 2.25. The molecule has 2 atom stereocenters. The van der Waals surface area contributed by atoms with E-state index < -0.39 is 0 Å². The normalized spacial score (nSPS) is 22.1. The minimum Gasteiger partial charge on any atom is -0.462 e. The summed E-state index contributed by atoms with van der Waals surface area (Å²) in [5.74, 6) is -0.119. The first-order valence-electron chi connectivity index (χ1n) is 7.78. The first-order chi connectivity index (χ1) is 9.99. The van der Waals surface area contributed by atoms with Crippen LogP contribution in [0.5, 0.6) is 0 Å². The predicted octanol–water partition coefficient (Wildman–Crippen LogP) is 3.66. The summed E-state index contributed by atoms with van der Waals surface area (Å²) in [5, 5.41) is 0. The fraction of sp³-hybridized carbons (Fsp3) is 0.611. The van der Waals surface area contributed by atoms with Crippen molar-refractivity contribution in [2.45, 2.75) is 65.1 Å². The first-order valence-corrected chi connectivity index (χ1v) is 7.78. The second-order valence-corrected chi connectivity index (χ2v) is 6.19. The molecule has 1 aromatic carbocycles. The van der Waals surface area contributed by atoms with Gasteiger partial charge in [0.25, 0.3) is 0 Å². The standard InChI is InChI=1S/C18H26O3/c1-12-8-13(2)17(14(3)9-12)11-18(19)21-16-7-5-6-15(10-16)20-4/h8-9,15-16H,5-7,10-11H2,1-4H3. The van der Waals surface area contributed by atoms with Crippen molar-refractivity contribution in [1.29, 1.82) is 0 Å². The summed E-state index contributed by atoms with van der Waals surface area (Å²) in [5.41, 5.74) is 4.67. The number of ether oxygens (including phenoxy) is 2. The third kappa shape index (κ3) is 4.31. The Bertz CT molecular complexity index is 484. The molecule has 0 saturated heterocycles.